The second-order valence-electron chi connectivity index (χ2n) is 6.35. The number of carbonyl (C=O) groups is 3. The fourth-order valence-corrected chi connectivity index (χ4v) is 4.10. The van der Waals surface area contributed by atoms with E-state index in [4.69, 9.17) is 9.90 Å². The van der Waals surface area contributed by atoms with Gasteiger partial charge in [0.2, 0.25) is 5.91 Å². The fourth-order valence-electron chi connectivity index (χ4n) is 3.41. The number of carboxylic acid groups (broad SMARTS) is 1. The lowest BCUT2D eigenvalue weighted by Gasteiger charge is -2.25. The van der Waals surface area contributed by atoms with E-state index >= 15 is 0 Å². The molecule has 1 aromatic heterocycles. The van der Waals surface area contributed by atoms with Crippen LogP contribution in [-0.2, 0) is 9.59 Å². The van der Waals surface area contributed by atoms with Crippen molar-refractivity contribution in [2.24, 2.45) is 5.92 Å². The molecule has 2 saturated heterocycles. The fraction of sp³-hybridized carbons (Fsp3) is 0.562. The van der Waals surface area contributed by atoms with Crippen LogP contribution in [0.25, 0.3) is 0 Å². The number of likely N-dealkylation sites (tertiary alicyclic amines) is 2. The zero-order valence-electron chi connectivity index (χ0n) is 14.7. The number of carbonyl (C=O) groups excluding carboxylic acids is 2. The maximum Gasteiger partial charge on any atom is 0.490 e. The molecule has 2 fully saturated rings. The average Bonchev–Trinajstić information content (AvgIpc) is 3.31. The van der Waals surface area contributed by atoms with Crippen molar-refractivity contribution < 1.29 is 32.7 Å². The van der Waals surface area contributed by atoms with Crippen LogP contribution in [0.3, 0.4) is 0 Å². The number of amides is 2. The first-order valence-electron chi connectivity index (χ1n) is 8.12. The molecule has 2 aliphatic rings. The van der Waals surface area contributed by atoms with E-state index in [1.54, 1.807) is 7.05 Å². The van der Waals surface area contributed by atoms with Crippen molar-refractivity contribution >= 4 is 29.1 Å². The summed E-state index contributed by atoms with van der Waals surface area (Å²) >= 11 is 1.49. The molecule has 0 aliphatic carbocycles. The number of hydrogen-bond donors (Lipinski definition) is 2. The summed E-state index contributed by atoms with van der Waals surface area (Å²) in [5.41, 5.74) is 0. The van der Waals surface area contributed by atoms with Crippen molar-refractivity contribution in [3.05, 3.63) is 22.4 Å². The van der Waals surface area contributed by atoms with E-state index in [2.05, 4.69) is 10.2 Å². The number of aliphatic carboxylic acids is 1. The zero-order valence-corrected chi connectivity index (χ0v) is 15.5. The van der Waals surface area contributed by atoms with Gasteiger partial charge in [0, 0.05) is 26.2 Å². The lowest BCUT2D eigenvalue weighted by molar-refractivity contribution is -0.192. The number of fused-ring (bicyclic) bond motifs is 1. The topological polar surface area (TPSA) is 90.0 Å². The van der Waals surface area contributed by atoms with Crippen LogP contribution in [0.4, 0.5) is 13.2 Å². The lowest BCUT2D eigenvalue weighted by atomic mass is 10.0. The molecule has 0 radical (unpaired) electrons. The van der Waals surface area contributed by atoms with Gasteiger partial charge in [-0.2, -0.15) is 13.2 Å². The molecule has 0 unspecified atom stereocenters. The molecule has 0 spiro atoms. The summed E-state index contributed by atoms with van der Waals surface area (Å²) in [5.74, 6) is -2.14. The predicted molar refractivity (Wildman–Crippen MR) is 91.4 cm³/mol. The van der Waals surface area contributed by atoms with Crippen molar-refractivity contribution in [1.29, 1.82) is 0 Å². The Labute approximate surface area is 157 Å². The molecule has 150 valence electrons. The summed E-state index contributed by atoms with van der Waals surface area (Å²) in [6.45, 7) is 1.49. The van der Waals surface area contributed by atoms with Gasteiger partial charge >= 0.3 is 12.1 Å². The van der Waals surface area contributed by atoms with Gasteiger partial charge in [-0.3, -0.25) is 14.5 Å². The average molecular weight is 407 g/mol. The molecular formula is C16H20F3N3O4S. The quantitative estimate of drug-likeness (QED) is 0.771. The Bertz CT molecular complexity index is 696. The van der Waals surface area contributed by atoms with E-state index in [0.29, 0.717) is 12.0 Å². The van der Waals surface area contributed by atoms with Gasteiger partial charge in [0.1, 0.15) is 0 Å². The molecule has 0 aromatic carbocycles. The Hall–Kier alpha value is -2.14. The van der Waals surface area contributed by atoms with Crippen LogP contribution >= 0.6 is 11.3 Å². The number of alkyl halides is 3. The maximum atomic E-state index is 12.4. The molecule has 3 atom stereocenters. The Morgan fingerprint density at radius 2 is 1.93 bits per heavy atom. The molecule has 2 N–H and O–H groups in total. The third kappa shape index (κ3) is 4.78. The summed E-state index contributed by atoms with van der Waals surface area (Å²) in [6.07, 6.45) is -4.24. The first-order valence-corrected chi connectivity index (χ1v) is 9.00. The van der Waals surface area contributed by atoms with Crippen molar-refractivity contribution in [3.63, 3.8) is 0 Å². The molecule has 0 saturated carbocycles. The molecule has 3 rings (SSSR count). The second-order valence-corrected chi connectivity index (χ2v) is 7.30. The van der Waals surface area contributed by atoms with Crippen LogP contribution in [0, 0.1) is 5.92 Å². The number of nitrogens with one attached hydrogen (secondary N) is 1. The summed E-state index contributed by atoms with van der Waals surface area (Å²) in [7, 11) is 3.67. The first-order chi connectivity index (χ1) is 12.6. The molecular weight excluding hydrogens is 387 g/mol. The Morgan fingerprint density at radius 1 is 1.30 bits per heavy atom. The van der Waals surface area contributed by atoms with Gasteiger partial charge in [0.05, 0.1) is 10.9 Å². The first kappa shape index (κ1) is 21.2. The van der Waals surface area contributed by atoms with Crippen LogP contribution in [0.1, 0.15) is 16.1 Å². The van der Waals surface area contributed by atoms with E-state index in [0.717, 1.165) is 24.4 Å². The molecule has 27 heavy (non-hydrogen) atoms. The predicted octanol–water partition coefficient (Wildman–Crippen LogP) is 1.27. The summed E-state index contributed by atoms with van der Waals surface area (Å²) in [4.78, 5) is 37.9. The summed E-state index contributed by atoms with van der Waals surface area (Å²) in [6, 6.07) is 4.04. The molecule has 3 heterocycles. The van der Waals surface area contributed by atoms with Crippen molar-refractivity contribution in [2.75, 3.05) is 27.2 Å². The minimum atomic E-state index is -5.08. The minimum absolute atomic E-state index is 0.0472. The van der Waals surface area contributed by atoms with Gasteiger partial charge in [-0.15, -0.1) is 11.3 Å². The standard InChI is InChI=1S/C14H19N3O2S.C2HF3O2/c1-15-13(18)10-6-9-7-17(8-11(9)16(10)2)14(19)12-4-3-5-20-12;3-2(4,5)1(6)7/h3-5,9-11H,6-8H2,1-2H3,(H,15,18);(H,6,7)/t9-,10-,11+;/m0./s1. The van der Waals surface area contributed by atoms with E-state index < -0.39 is 12.1 Å². The molecule has 1 aromatic rings. The summed E-state index contributed by atoms with van der Waals surface area (Å²) in [5, 5.41) is 11.8. The number of carboxylic acids is 1. The third-order valence-corrected chi connectivity index (χ3v) is 5.62. The number of nitrogens with zero attached hydrogens (tertiary/aromatic N) is 2. The Kier molecular flexibility index (Phi) is 6.47. The Morgan fingerprint density at radius 3 is 2.37 bits per heavy atom. The lowest BCUT2D eigenvalue weighted by Crippen LogP contribution is -2.45. The number of rotatable bonds is 2. The van der Waals surface area contributed by atoms with Crippen LogP contribution in [-0.4, -0.2) is 78.1 Å². The SMILES string of the molecule is CNC(=O)[C@@H]1C[C@H]2CN(C(=O)c3cccs3)C[C@H]2N1C.O=C(O)C(F)(F)F. The van der Waals surface area contributed by atoms with E-state index in [1.165, 1.54) is 11.3 Å². The number of thiophene rings is 1. The smallest absolute Gasteiger partial charge is 0.475 e. The summed E-state index contributed by atoms with van der Waals surface area (Å²) < 4.78 is 31.7. The molecule has 0 bridgehead atoms. The zero-order chi connectivity index (χ0) is 20.4. The third-order valence-electron chi connectivity index (χ3n) is 4.76. The number of halogens is 3. The van der Waals surface area contributed by atoms with Gasteiger partial charge in [0.25, 0.3) is 5.91 Å². The maximum absolute atomic E-state index is 12.4. The van der Waals surface area contributed by atoms with E-state index in [9.17, 15) is 22.8 Å². The molecule has 7 nitrogen and oxygen atoms in total. The van der Waals surface area contributed by atoms with E-state index in [1.807, 2.05) is 29.5 Å². The van der Waals surface area contributed by atoms with E-state index in [-0.39, 0.29) is 17.9 Å². The number of likely N-dealkylation sites (N-methyl/N-ethyl adjacent to an activating group) is 2. The van der Waals surface area contributed by atoms with Crippen molar-refractivity contribution in [2.45, 2.75) is 24.7 Å². The molecule has 2 amide bonds. The highest BCUT2D eigenvalue weighted by Gasteiger charge is 2.48. The highest BCUT2D eigenvalue weighted by molar-refractivity contribution is 7.12. The van der Waals surface area contributed by atoms with Gasteiger partial charge in [-0.05, 0) is 30.8 Å². The normalized spacial score (nSPS) is 24.8. The van der Waals surface area contributed by atoms with Crippen LogP contribution in [0.15, 0.2) is 17.5 Å². The molecule has 11 heteroatoms. The Balaban J connectivity index is 0.000000321. The highest BCUT2D eigenvalue weighted by atomic mass is 32.1. The van der Waals surface area contributed by atoms with Gasteiger partial charge < -0.3 is 15.3 Å². The number of hydrogen-bond acceptors (Lipinski definition) is 5. The largest absolute Gasteiger partial charge is 0.490 e. The minimum Gasteiger partial charge on any atom is -0.475 e. The van der Waals surface area contributed by atoms with Crippen LogP contribution in [0.5, 0.6) is 0 Å². The van der Waals surface area contributed by atoms with Gasteiger partial charge in [-0.25, -0.2) is 4.79 Å². The van der Waals surface area contributed by atoms with Gasteiger partial charge in [-0.1, -0.05) is 6.07 Å². The van der Waals surface area contributed by atoms with Crippen LogP contribution in [0.2, 0.25) is 0 Å². The molecule has 2 aliphatic heterocycles. The van der Waals surface area contributed by atoms with Gasteiger partial charge in [0.15, 0.2) is 0 Å². The van der Waals surface area contributed by atoms with Crippen molar-refractivity contribution in [1.82, 2.24) is 15.1 Å². The highest BCUT2D eigenvalue weighted by Crippen LogP contribution is 2.35. The van der Waals surface area contributed by atoms with Crippen LogP contribution < -0.4 is 5.32 Å². The second kappa shape index (κ2) is 8.26. The van der Waals surface area contributed by atoms with Crippen molar-refractivity contribution in [3.8, 4) is 0 Å². The monoisotopic (exact) mass is 407 g/mol.